The van der Waals surface area contributed by atoms with Crippen molar-refractivity contribution in [1.29, 1.82) is 21.0 Å². The smallest absolute Gasteiger partial charge is 0.0998 e. The molecule has 4 aromatic carbocycles. The molecule has 0 bridgehead atoms. The number of nitriles is 4. The van der Waals surface area contributed by atoms with Gasteiger partial charge < -0.3 is 4.57 Å². The lowest BCUT2D eigenvalue weighted by Crippen LogP contribution is -1.97. The van der Waals surface area contributed by atoms with Gasteiger partial charge in [-0.25, -0.2) is 0 Å². The van der Waals surface area contributed by atoms with Crippen LogP contribution in [0.2, 0.25) is 0 Å². The number of hydrogen-bond donors (Lipinski definition) is 0. The molecule has 0 atom stereocenters. The summed E-state index contributed by atoms with van der Waals surface area (Å²) >= 11 is 0. The van der Waals surface area contributed by atoms with E-state index in [1.54, 1.807) is 48.5 Å². The summed E-state index contributed by atoms with van der Waals surface area (Å²) in [5.41, 5.74) is 7.79. The molecule has 5 rings (SSSR count). The Hall–Kier alpha value is -5.88. The third kappa shape index (κ3) is 6.45. The van der Waals surface area contributed by atoms with E-state index < -0.39 is 0 Å². The molecule has 5 heteroatoms. The molecule has 5 nitrogen and oxygen atoms in total. The van der Waals surface area contributed by atoms with Crippen molar-refractivity contribution in [3.05, 3.63) is 118 Å². The fraction of sp³-hybridized carbons (Fsp3) is 0.179. The summed E-state index contributed by atoms with van der Waals surface area (Å²) in [5.74, 6) is 0. The van der Waals surface area contributed by atoms with E-state index in [2.05, 4.69) is 72.2 Å². The summed E-state index contributed by atoms with van der Waals surface area (Å²) < 4.78 is 2.38. The highest BCUT2D eigenvalue weighted by Crippen LogP contribution is 2.33. The molecular weight excluding hydrogens is 538 g/mol. The summed E-state index contributed by atoms with van der Waals surface area (Å²) in [7, 11) is 0. The van der Waals surface area contributed by atoms with Crippen LogP contribution in [0.4, 0.5) is 0 Å². The van der Waals surface area contributed by atoms with Crippen LogP contribution < -0.4 is 0 Å². The van der Waals surface area contributed by atoms with Crippen molar-refractivity contribution in [2.24, 2.45) is 0 Å². The molecule has 0 saturated heterocycles. The maximum absolute atomic E-state index is 9.95. The first-order chi connectivity index (χ1) is 21.6. The van der Waals surface area contributed by atoms with Gasteiger partial charge in [-0.1, -0.05) is 69.0 Å². The number of benzene rings is 4. The zero-order valence-electron chi connectivity index (χ0n) is 24.7. The van der Waals surface area contributed by atoms with Gasteiger partial charge in [-0.15, -0.1) is 0 Å². The second-order valence-corrected chi connectivity index (χ2v) is 10.8. The number of nitrogens with zero attached hydrogens (tertiary/aromatic N) is 5. The van der Waals surface area contributed by atoms with Crippen LogP contribution in [0.5, 0.6) is 0 Å². The number of aromatic nitrogens is 1. The van der Waals surface area contributed by atoms with Crippen LogP contribution in [0.1, 0.15) is 72.4 Å². The van der Waals surface area contributed by atoms with Gasteiger partial charge in [-0.2, -0.15) is 21.0 Å². The Balaban J connectivity index is 1.60. The normalized spacial score (nSPS) is 11.6. The number of fused-ring (bicyclic) bond motifs is 3. The quantitative estimate of drug-likeness (QED) is 0.0949. The predicted octanol–water partition coefficient (Wildman–Crippen LogP) is 9.64. The maximum Gasteiger partial charge on any atom is 0.0998 e. The van der Waals surface area contributed by atoms with Crippen LogP contribution in [0.25, 0.3) is 45.1 Å². The standard InChI is InChI=1S/C39H31N5/c1-2-3-4-5-6-19-44-38-17-11-30(20-34(26-42)32-13-7-28(24-40)8-14-32)22-36(38)37-23-31(12-18-39(37)44)21-35(27-43)33-15-9-29(25-41)10-16-33/h7-18,20-23H,2-6,19H2,1H3/b34-20+,35-21+. The number of rotatable bonds is 10. The Labute approximate surface area is 258 Å². The summed E-state index contributed by atoms with van der Waals surface area (Å²) in [4.78, 5) is 0. The molecule has 5 aromatic rings. The van der Waals surface area contributed by atoms with E-state index in [-0.39, 0.29) is 0 Å². The van der Waals surface area contributed by atoms with Gasteiger partial charge in [0.2, 0.25) is 0 Å². The highest BCUT2D eigenvalue weighted by molar-refractivity contribution is 6.10. The summed E-state index contributed by atoms with van der Waals surface area (Å²) in [6.45, 7) is 3.14. The zero-order chi connectivity index (χ0) is 30.9. The fourth-order valence-corrected chi connectivity index (χ4v) is 5.58. The molecule has 0 aliphatic carbocycles. The monoisotopic (exact) mass is 569 g/mol. The van der Waals surface area contributed by atoms with E-state index >= 15 is 0 Å². The van der Waals surface area contributed by atoms with Crippen molar-refractivity contribution in [2.75, 3.05) is 0 Å². The first-order valence-corrected chi connectivity index (χ1v) is 14.9. The summed E-state index contributed by atoms with van der Waals surface area (Å²) in [6.07, 6.45) is 9.74. The van der Waals surface area contributed by atoms with Crippen molar-refractivity contribution in [3.8, 4) is 24.3 Å². The number of aryl methyl sites for hydroxylation is 1. The van der Waals surface area contributed by atoms with Crippen LogP contribution in [-0.4, -0.2) is 4.57 Å². The van der Waals surface area contributed by atoms with Gasteiger partial charge in [0.15, 0.2) is 0 Å². The Bertz CT molecular complexity index is 1900. The molecular formula is C39H31N5. The van der Waals surface area contributed by atoms with E-state index in [4.69, 9.17) is 10.5 Å². The largest absolute Gasteiger partial charge is 0.340 e. The van der Waals surface area contributed by atoms with E-state index in [1.165, 1.54) is 25.7 Å². The molecule has 1 heterocycles. The van der Waals surface area contributed by atoms with E-state index in [1.807, 2.05) is 12.2 Å². The molecule has 1 aromatic heterocycles. The molecule has 44 heavy (non-hydrogen) atoms. The van der Waals surface area contributed by atoms with E-state index in [0.717, 1.165) is 57.0 Å². The van der Waals surface area contributed by atoms with Gasteiger partial charge in [0.05, 0.1) is 46.5 Å². The predicted molar refractivity (Wildman–Crippen MR) is 177 cm³/mol. The summed E-state index contributed by atoms with van der Waals surface area (Å²) in [5, 5.41) is 40.3. The molecule has 0 spiro atoms. The molecule has 0 unspecified atom stereocenters. The van der Waals surface area contributed by atoms with Crippen LogP contribution in [-0.2, 0) is 6.54 Å². The number of hydrogen-bond acceptors (Lipinski definition) is 4. The third-order valence-electron chi connectivity index (χ3n) is 7.91. The Morgan fingerprint density at radius 3 is 1.45 bits per heavy atom. The third-order valence-corrected chi connectivity index (χ3v) is 7.91. The van der Waals surface area contributed by atoms with Gasteiger partial charge in [-0.3, -0.25) is 0 Å². The van der Waals surface area contributed by atoms with Crippen molar-refractivity contribution in [3.63, 3.8) is 0 Å². The SMILES string of the molecule is CCCCCCCn1c2ccc(/C=C(\C#N)c3ccc(C#N)cc3)cc2c2cc(/C=C(\C#N)c3ccc(C#N)cc3)ccc21. The van der Waals surface area contributed by atoms with Gasteiger partial charge in [0, 0.05) is 28.4 Å². The number of allylic oxidation sites excluding steroid dienone is 2. The molecule has 212 valence electrons. The van der Waals surface area contributed by atoms with Crippen LogP contribution in [0, 0.1) is 45.3 Å². The Kier molecular flexibility index (Phi) is 9.32. The maximum atomic E-state index is 9.95. The molecule has 0 amide bonds. The average molecular weight is 570 g/mol. The lowest BCUT2D eigenvalue weighted by Gasteiger charge is -2.08. The first-order valence-electron chi connectivity index (χ1n) is 14.9. The highest BCUT2D eigenvalue weighted by atomic mass is 15.0. The first kappa shape index (κ1) is 29.6. The topological polar surface area (TPSA) is 100 Å². The van der Waals surface area contributed by atoms with Crippen LogP contribution in [0.3, 0.4) is 0 Å². The van der Waals surface area contributed by atoms with Crippen LogP contribution >= 0.6 is 0 Å². The van der Waals surface area contributed by atoms with Gasteiger partial charge >= 0.3 is 0 Å². The molecule has 0 aliphatic rings. The number of unbranched alkanes of at least 4 members (excludes halogenated alkanes) is 4. The fourth-order valence-electron chi connectivity index (χ4n) is 5.58. The van der Waals surface area contributed by atoms with Gasteiger partial charge in [0.1, 0.15) is 0 Å². The minimum absolute atomic E-state index is 0.526. The molecule has 0 radical (unpaired) electrons. The highest BCUT2D eigenvalue weighted by Gasteiger charge is 2.13. The van der Waals surface area contributed by atoms with Gasteiger partial charge in [0.25, 0.3) is 0 Å². The second-order valence-electron chi connectivity index (χ2n) is 10.8. The van der Waals surface area contributed by atoms with Crippen LogP contribution in [0.15, 0.2) is 84.9 Å². The average Bonchev–Trinajstić information content (AvgIpc) is 3.38. The van der Waals surface area contributed by atoms with Crippen molar-refractivity contribution >= 4 is 45.1 Å². The minimum atomic E-state index is 0.526. The molecule has 0 fully saturated rings. The summed E-state index contributed by atoms with van der Waals surface area (Å²) in [6, 6.07) is 35.6. The molecule has 0 N–H and O–H groups in total. The van der Waals surface area contributed by atoms with Crippen molar-refractivity contribution in [1.82, 2.24) is 4.57 Å². The second kappa shape index (κ2) is 13.9. The Morgan fingerprint density at radius 1 is 0.591 bits per heavy atom. The van der Waals surface area contributed by atoms with Crippen molar-refractivity contribution in [2.45, 2.75) is 45.6 Å². The minimum Gasteiger partial charge on any atom is -0.340 e. The van der Waals surface area contributed by atoms with Crippen molar-refractivity contribution < 1.29 is 0 Å². The molecule has 0 saturated carbocycles. The van der Waals surface area contributed by atoms with E-state index in [0.29, 0.717) is 22.3 Å². The zero-order valence-corrected chi connectivity index (χ0v) is 24.7. The lowest BCUT2D eigenvalue weighted by molar-refractivity contribution is 0.584. The Morgan fingerprint density at radius 2 is 1.05 bits per heavy atom. The van der Waals surface area contributed by atoms with E-state index in [9.17, 15) is 10.5 Å². The van der Waals surface area contributed by atoms with Gasteiger partial charge in [-0.05, 0) is 89.4 Å². The lowest BCUT2D eigenvalue weighted by atomic mass is 10.00. The molecule has 0 aliphatic heterocycles.